The van der Waals surface area contributed by atoms with E-state index in [1.54, 1.807) is 30.2 Å². The Labute approximate surface area is 150 Å². The van der Waals surface area contributed by atoms with Crippen LogP contribution < -0.4 is 14.4 Å². The van der Waals surface area contributed by atoms with E-state index in [4.69, 9.17) is 21.1 Å². The molecule has 1 N–H and O–H groups in total. The number of hydrogen-bond donors (Lipinski definition) is 1. The number of carbonyl (C=O) groups is 1. The number of nitrogens with one attached hydrogen (secondary N) is 1. The molecule has 2 aromatic carbocycles. The SMILES string of the molecule is COc1cccc2[nH]cc(CC(=O)N3CCOc4ccc(Cl)cc43)c12. The fourth-order valence-corrected chi connectivity index (χ4v) is 3.40. The van der Waals surface area contributed by atoms with E-state index in [0.717, 1.165) is 27.9 Å². The first-order valence-electron chi connectivity index (χ1n) is 8.03. The minimum absolute atomic E-state index is 0.00128. The summed E-state index contributed by atoms with van der Waals surface area (Å²) in [7, 11) is 1.63. The van der Waals surface area contributed by atoms with Crippen molar-refractivity contribution < 1.29 is 14.3 Å². The molecule has 4 rings (SSSR count). The van der Waals surface area contributed by atoms with Gasteiger partial charge in [0.2, 0.25) is 5.91 Å². The van der Waals surface area contributed by atoms with Gasteiger partial charge in [0.05, 0.1) is 25.8 Å². The van der Waals surface area contributed by atoms with Crippen molar-refractivity contribution in [3.05, 3.63) is 53.2 Å². The Balaban J connectivity index is 1.67. The summed E-state index contributed by atoms with van der Waals surface area (Å²) in [6, 6.07) is 11.1. The van der Waals surface area contributed by atoms with Crippen LogP contribution in [0.1, 0.15) is 5.56 Å². The highest BCUT2D eigenvalue weighted by Gasteiger charge is 2.25. The average Bonchev–Trinajstić information content (AvgIpc) is 3.04. The molecule has 0 aliphatic carbocycles. The van der Waals surface area contributed by atoms with E-state index in [1.807, 2.05) is 24.4 Å². The standard InChI is InChI=1S/C19H17ClN2O3/c1-24-17-4-2-3-14-19(17)12(11-21-14)9-18(23)22-7-8-25-16-6-5-13(20)10-15(16)22/h2-6,10-11,21H,7-9H2,1H3. The highest BCUT2D eigenvalue weighted by molar-refractivity contribution is 6.31. The summed E-state index contributed by atoms with van der Waals surface area (Å²) in [6.45, 7) is 0.975. The molecule has 0 unspecified atom stereocenters. The maximum atomic E-state index is 13.0. The van der Waals surface area contributed by atoms with Crippen molar-refractivity contribution in [2.75, 3.05) is 25.2 Å². The molecule has 1 amide bonds. The van der Waals surface area contributed by atoms with Gasteiger partial charge in [0, 0.05) is 22.1 Å². The Morgan fingerprint density at radius 1 is 1.36 bits per heavy atom. The largest absolute Gasteiger partial charge is 0.496 e. The molecule has 6 heteroatoms. The van der Waals surface area contributed by atoms with Crippen molar-refractivity contribution in [2.45, 2.75) is 6.42 Å². The van der Waals surface area contributed by atoms with Gasteiger partial charge in [-0.1, -0.05) is 17.7 Å². The Morgan fingerprint density at radius 3 is 3.08 bits per heavy atom. The molecule has 0 spiro atoms. The number of amides is 1. The highest BCUT2D eigenvalue weighted by Crippen LogP contribution is 2.35. The van der Waals surface area contributed by atoms with Gasteiger partial charge in [-0.15, -0.1) is 0 Å². The quantitative estimate of drug-likeness (QED) is 0.776. The Bertz CT molecular complexity index is 951. The topological polar surface area (TPSA) is 54.6 Å². The molecule has 0 fully saturated rings. The van der Waals surface area contributed by atoms with Crippen LogP contribution in [0.5, 0.6) is 11.5 Å². The van der Waals surface area contributed by atoms with Gasteiger partial charge in [-0.2, -0.15) is 0 Å². The molecular weight excluding hydrogens is 340 g/mol. The lowest BCUT2D eigenvalue weighted by molar-refractivity contribution is -0.118. The number of rotatable bonds is 3. The molecule has 128 valence electrons. The molecule has 1 aliphatic rings. The van der Waals surface area contributed by atoms with E-state index in [2.05, 4.69) is 4.98 Å². The molecule has 0 saturated heterocycles. The van der Waals surface area contributed by atoms with Gasteiger partial charge >= 0.3 is 0 Å². The van der Waals surface area contributed by atoms with E-state index >= 15 is 0 Å². The summed E-state index contributed by atoms with van der Waals surface area (Å²) in [5.41, 5.74) is 2.58. The van der Waals surface area contributed by atoms with Gasteiger partial charge in [0.15, 0.2) is 0 Å². The van der Waals surface area contributed by atoms with E-state index in [1.165, 1.54) is 0 Å². The van der Waals surface area contributed by atoms with Crippen molar-refractivity contribution in [2.24, 2.45) is 0 Å². The number of ether oxygens (including phenoxy) is 2. The first-order valence-corrected chi connectivity index (χ1v) is 8.41. The van der Waals surface area contributed by atoms with Gasteiger partial charge in [-0.25, -0.2) is 0 Å². The summed E-state index contributed by atoms with van der Waals surface area (Å²) < 4.78 is 11.1. The lowest BCUT2D eigenvalue weighted by atomic mass is 10.1. The number of aromatic nitrogens is 1. The number of carbonyl (C=O) groups excluding carboxylic acids is 1. The van der Waals surface area contributed by atoms with Crippen molar-refractivity contribution in [1.29, 1.82) is 0 Å². The smallest absolute Gasteiger partial charge is 0.231 e. The maximum absolute atomic E-state index is 13.0. The van der Waals surface area contributed by atoms with Crippen LogP contribution in [0.3, 0.4) is 0 Å². The van der Waals surface area contributed by atoms with Gasteiger partial charge in [-0.3, -0.25) is 4.79 Å². The zero-order valence-corrected chi connectivity index (χ0v) is 14.5. The maximum Gasteiger partial charge on any atom is 0.231 e. The summed E-state index contributed by atoms with van der Waals surface area (Å²) in [4.78, 5) is 17.9. The molecule has 25 heavy (non-hydrogen) atoms. The van der Waals surface area contributed by atoms with E-state index in [0.29, 0.717) is 23.9 Å². The van der Waals surface area contributed by atoms with Crippen LogP contribution in [0.15, 0.2) is 42.6 Å². The second-order valence-corrected chi connectivity index (χ2v) is 6.32. The van der Waals surface area contributed by atoms with Crippen molar-refractivity contribution in [3.8, 4) is 11.5 Å². The monoisotopic (exact) mass is 356 g/mol. The first-order chi connectivity index (χ1) is 12.2. The normalized spacial score (nSPS) is 13.4. The highest BCUT2D eigenvalue weighted by atomic mass is 35.5. The van der Waals surface area contributed by atoms with Crippen LogP contribution in [0.2, 0.25) is 5.02 Å². The predicted molar refractivity (Wildman–Crippen MR) is 97.9 cm³/mol. The molecular formula is C19H17ClN2O3. The zero-order valence-electron chi connectivity index (χ0n) is 13.7. The van der Waals surface area contributed by atoms with Crippen LogP contribution in [0, 0.1) is 0 Å². The number of halogens is 1. The van der Waals surface area contributed by atoms with Crippen molar-refractivity contribution in [1.82, 2.24) is 4.98 Å². The minimum Gasteiger partial charge on any atom is -0.496 e. The fraction of sp³-hybridized carbons (Fsp3) is 0.211. The number of fused-ring (bicyclic) bond motifs is 2. The Kier molecular flexibility index (Phi) is 4.01. The lowest BCUT2D eigenvalue weighted by Crippen LogP contribution is -2.38. The average molecular weight is 357 g/mol. The van der Waals surface area contributed by atoms with Crippen LogP contribution in [-0.4, -0.2) is 31.2 Å². The molecule has 5 nitrogen and oxygen atoms in total. The van der Waals surface area contributed by atoms with Crippen LogP contribution in [0.4, 0.5) is 5.69 Å². The van der Waals surface area contributed by atoms with Crippen molar-refractivity contribution in [3.63, 3.8) is 0 Å². The third-order valence-electron chi connectivity index (χ3n) is 4.40. The molecule has 0 atom stereocenters. The third kappa shape index (κ3) is 2.81. The number of benzene rings is 2. The van der Waals surface area contributed by atoms with Gasteiger partial charge < -0.3 is 19.4 Å². The molecule has 2 heterocycles. The Hall–Kier alpha value is -2.66. The second kappa shape index (κ2) is 6.33. The van der Waals surface area contributed by atoms with Crippen LogP contribution in [0.25, 0.3) is 10.9 Å². The summed E-state index contributed by atoms with van der Waals surface area (Å²) in [5.74, 6) is 1.44. The van der Waals surface area contributed by atoms with E-state index in [9.17, 15) is 4.79 Å². The number of hydrogen-bond acceptors (Lipinski definition) is 3. The first kappa shape index (κ1) is 15.8. The molecule has 0 bridgehead atoms. The number of anilines is 1. The van der Waals surface area contributed by atoms with Crippen LogP contribution in [-0.2, 0) is 11.2 Å². The zero-order chi connectivity index (χ0) is 17.4. The predicted octanol–water partition coefficient (Wildman–Crippen LogP) is 3.80. The van der Waals surface area contributed by atoms with E-state index in [-0.39, 0.29) is 12.3 Å². The molecule has 0 saturated carbocycles. The minimum atomic E-state index is -0.00128. The molecule has 0 radical (unpaired) electrons. The number of aromatic amines is 1. The van der Waals surface area contributed by atoms with Gasteiger partial charge in [0.1, 0.15) is 18.1 Å². The van der Waals surface area contributed by atoms with Crippen molar-refractivity contribution >= 4 is 34.1 Å². The number of methoxy groups -OCH3 is 1. The molecule has 1 aliphatic heterocycles. The third-order valence-corrected chi connectivity index (χ3v) is 4.63. The fourth-order valence-electron chi connectivity index (χ4n) is 3.24. The molecule has 3 aromatic rings. The Morgan fingerprint density at radius 2 is 2.24 bits per heavy atom. The lowest BCUT2D eigenvalue weighted by Gasteiger charge is -2.29. The summed E-state index contributed by atoms with van der Waals surface area (Å²) in [6.07, 6.45) is 2.14. The van der Waals surface area contributed by atoms with Gasteiger partial charge in [-0.05, 0) is 35.9 Å². The second-order valence-electron chi connectivity index (χ2n) is 5.88. The van der Waals surface area contributed by atoms with E-state index < -0.39 is 0 Å². The van der Waals surface area contributed by atoms with Gasteiger partial charge in [0.25, 0.3) is 0 Å². The summed E-state index contributed by atoms with van der Waals surface area (Å²) >= 11 is 6.09. The molecule has 1 aromatic heterocycles. The van der Waals surface area contributed by atoms with Crippen LogP contribution >= 0.6 is 11.6 Å². The summed E-state index contributed by atoms with van der Waals surface area (Å²) in [5, 5.41) is 1.52. The number of nitrogens with zero attached hydrogens (tertiary/aromatic N) is 1. The number of H-pyrrole nitrogens is 1.